The Balaban J connectivity index is 4.44. The van der Waals surface area contributed by atoms with Gasteiger partial charge in [-0.2, -0.15) is 0 Å². The fourth-order valence-corrected chi connectivity index (χ4v) is 8.57. The summed E-state index contributed by atoms with van der Waals surface area (Å²) in [6, 6.07) is 0. The maximum Gasteiger partial charge on any atom is 0.306 e. The molecule has 6 nitrogen and oxygen atoms in total. The fraction of sp³-hybridized carbons (Fsp3) is 0.769. The molecule has 0 saturated carbocycles. The highest BCUT2D eigenvalue weighted by Crippen LogP contribution is 2.16. The summed E-state index contributed by atoms with van der Waals surface area (Å²) in [6.07, 6.45) is 76.0. The number of rotatable bonds is 55. The molecule has 0 N–H and O–H groups in total. The van der Waals surface area contributed by atoms with Crippen molar-refractivity contribution in [3.63, 3.8) is 0 Å². The van der Waals surface area contributed by atoms with Crippen LogP contribution in [0.2, 0.25) is 0 Å². The van der Waals surface area contributed by atoms with E-state index in [1.807, 2.05) is 0 Å². The summed E-state index contributed by atoms with van der Waals surface area (Å²) in [5.41, 5.74) is 0. The topological polar surface area (TPSA) is 78.9 Å². The minimum absolute atomic E-state index is 0.0884. The Hall–Kier alpha value is -3.15. The lowest BCUT2D eigenvalue weighted by Gasteiger charge is -2.18. The van der Waals surface area contributed by atoms with E-state index in [1.165, 1.54) is 167 Å². The zero-order valence-electron chi connectivity index (χ0n) is 47.0. The van der Waals surface area contributed by atoms with E-state index in [0.29, 0.717) is 19.3 Å². The minimum atomic E-state index is -0.795. The average Bonchev–Trinajstić information content (AvgIpc) is 3.37. The third-order valence-electron chi connectivity index (χ3n) is 13.2. The van der Waals surface area contributed by atoms with Crippen LogP contribution in [0.1, 0.15) is 303 Å². The summed E-state index contributed by atoms with van der Waals surface area (Å²) in [7, 11) is 0. The van der Waals surface area contributed by atoms with Gasteiger partial charge in [0.2, 0.25) is 0 Å². The Morgan fingerprint density at radius 1 is 0.282 bits per heavy atom. The maximum atomic E-state index is 12.9. The third kappa shape index (κ3) is 57.6. The monoisotopic (exact) mass is 991 g/mol. The van der Waals surface area contributed by atoms with Crippen LogP contribution in [-0.2, 0) is 28.6 Å². The van der Waals surface area contributed by atoms with Crippen molar-refractivity contribution < 1.29 is 28.6 Å². The van der Waals surface area contributed by atoms with Gasteiger partial charge in [0.25, 0.3) is 0 Å². The number of allylic oxidation sites excluding steroid dienone is 12. The van der Waals surface area contributed by atoms with E-state index in [1.54, 1.807) is 0 Å². The Morgan fingerprint density at radius 2 is 0.507 bits per heavy atom. The van der Waals surface area contributed by atoms with Crippen LogP contribution in [0.25, 0.3) is 0 Å². The number of esters is 3. The molecule has 0 amide bonds. The van der Waals surface area contributed by atoms with Crippen LogP contribution in [0.15, 0.2) is 72.9 Å². The van der Waals surface area contributed by atoms with Crippen molar-refractivity contribution in [2.75, 3.05) is 13.2 Å². The SMILES string of the molecule is CCCCC/C=C\C/C=C\C/C=C\C/C=C\CCCCCC(=O)O[C@H](COC(=O)CCCCCCCCC/C=C\C/C=C\CCCCC)COC(=O)CCCCCCCCCCCCCCCCCCC. The smallest absolute Gasteiger partial charge is 0.306 e. The van der Waals surface area contributed by atoms with E-state index >= 15 is 0 Å². The summed E-state index contributed by atoms with van der Waals surface area (Å²) in [6.45, 7) is 6.59. The van der Waals surface area contributed by atoms with Gasteiger partial charge in [0, 0.05) is 19.3 Å². The first-order valence-corrected chi connectivity index (χ1v) is 30.4. The maximum absolute atomic E-state index is 12.9. The highest BCUT2D eigenvalue weighted by atomic mass is 16.6. The summed E-state index contributed by atoms with van der Waals surface area (Å²) in [5, 5.41) is 0. The van der Waals surface area contributed by atoms with Gasteiger partial charge in [-0.15, -0.1) is 0 Å². The number of carbonyl (C=O) groups excluding carboxylic acids is 3. The summed E-state index contributed by atoms with van der Waals surface area (Å²) in [5.74, 6) is -0.915. The number of hydrogen-bond acceptors (Lipinski definition) is 6. The quantitative estimate of drug-likeness (QED) is 0.0261. The van der Waals surface area contributed by atoms with Crippen molar-refractivity contribution in [3.8, 4) is 0 Å². The first kappa shape index (κ1) is 67.8. The third-order valence-corrected chi connectivity index (χ3v) is 13.2. The van der Waals surface area contributed by atoms with Gasteiger partial charge in [-0.3, -0.25) is 14.4 Å². The molecule has 0 aliphatic heterocycles. The highest BCUT2D eigenvalue weighted by molar-refractivity contribution is 5.71. The largest absolute Gasteiger partial charge is 0.462 e. The Morgan fingerprint density at radius 3 is 0.831 bits per heavy atom. The number of hydrogen-bond donors (Lipinski definition) is 0. The van der Waals surface area contributed by atoms with Crippen molar-refractivity contribution >= 4 is 17.9 Å². The Labute approximate surface area is 440 Å². The van der Waals surface area contributed by atoms with E-state index in [4.69, 9.17) is 14.2 Å². The molecule has 0 radical (unpaired) electrons. The van der Waals surface area contributed by atoms with Crippen LogP contribution >= 0.6 is 0 Å². The van der Waals surface area contributed by atoms with E-state index in [9.17, 15) is 14.4 Å². The molecule has 0 rings (SSSR count). The normalized spacial score (nSPS) is 12.5. The second-order valence-electron chi connectivity index (χ2n) is 20.3. The number of carbonyl (C=O) groups is 3. The predicted molar refractivity (Wildman–Crippen MR) is 307 cm³/mol. The zero-order chi connectivity index (χ0) is 51.4. The molecule has 0 aliphatic rings. The molecule has 0 bridgehead atoms. The molecule has 0 aromatic heterocycles. The molecule has 0 spiro atoms. The molecule has 0 heterocycles. The molecule has 0 fully saturated rings. The molecular weight excluding hydrogens is 877 g/mol. The Bertz CT molecular complexity index is 1320. The van der Waals surface area contributed by atoms with Gasteiger partial charge in [-0.1, -0.05) is 261 Å². The van der Waals surface area contributed by atoms with Crippen molar-refractivity contribution in [1.29, 1.82) is 0 Å². The predicted octanol–water partition coefficient (Wildman–Crippen LogP) is 20.5. The Kier molecular flexibility index (Phi) is 56.8. The van der Waals surface area contributed by atoms with Gasteiger partial charge < -0.3 is 14.2 Å². The molecule has 0 aromatic carbocycles. The molecule has 71 heavy (non-hydrogen) atoms. The van der Waals surface area contributed by atoms with Crippen LogP contribution in [0.4, 0.5) is 0 Å². The van der Waals surface area contributed by atoms with E-state index in [2.05, 4.69) is 93.7 Å². The molecule has 6 heteroatoms. The van der Waals surface area contributed by atoms with Crippen molar-refractivity contribution in [3.05, 3.63) is 72.9 Å². The first-order chi connectivity index (χ1) is 35.0. The second-order valence-corrected chi connectivity index (χ2v) is 20.3. The number of unbranched alkanes of at least 4 members (excludes halogenated alkanes) is 32. The summed E-state index contributed by atoms with van der Waals surface area (Å²) in [4.78, 5) is 38.2. The van der Waals surface area contributed by atoms with Gasteiger partial charge >= 0.3 is 17.9 Å². The molecule has 0 aliphatic carbocycles. The number of ether oxygens (including phenoxy) is 3. The lowest BCUT2D eigenvalue weighted by atomic mass is 10.0. The summed E-state index contributed by atoms with van der Waals surface area (Å²) < 4.78 is 16.9. The van der Waals surface area contributed by atoms with Gasteiger partial charge in [0.05, 0.1) is 0 Å². The molecular formula is C65H114O6. The average molecular weight is 992 g/mol. The minimum Gasteiger partial charge on any atom is -0.462 e. The van der Waals surface area contributed by atoms with Crippen LogP contribution in [0.5, 0.6) is 0 Å². The molecule has 410 valence electrons. The molecule has 0 unspecified atom stereocenters. The van der Waals surface area contributed by atoms with E-state index in [0.717, 1.165) is 96.3 Å². The standard InChI is InChI=1S/C65H114O6/c1-4-7-10-13-16-19-22-25-28-31-32-35-38-41-44-47-50-53-56-59-65(68)71-62(60-69-63(66)57-54-51-48-45-42-39-36-33-29-26-23-20-17-14-11-8-5-2)61-70-64(67)58-55-52-49-46-43-40-37-34-30-27-24-21-18-15-12-9-6-3/h16-17,19-20,25-26,28-29,32,35,41,44,62H,4-15,18,21-24,27,30-31,33-34,36-40,42-43,45-61H2,1-3H3/b19-16-,20-17-,28-25-,29-26-,35-32-,44-41-/t62-/m1/s1. The highest BCUT2D eigenvalue weighted by Gasteiger charge is 2.19. The van der Waals surface area contributed by atoms with E-state index in [-0.39, 0.29) is 31.1 Å². The molecule has 0 aromatic rings. The van der Waals surface area contributed by atoms with Gasteiger partial charge in [0.15, 0.2) is 6.10 Å². The van der Waals surface area contributed by atoms with E-state index < -0.39 is 6.10 Å². The van der Waals surface area contributed by atoms with Crippen LogP contribution in [0, 0.1) is 0 Å². The van der Waals surface area contributed by atoms with Crippen molar-refractivity contribution in [1.82, 2.24) is 0 Å². The van der Waals surface area contributed by atoms with Crippen LogP contribution < -0.4 is 0 Å². The lowest BCUT2D eigenvalue weighted by Crippen LogP contribution is -2.30. The van der Waals surface area contributed by atoms with Crippen LogP contribution in [0.3, 0.4) is 0 Å². The van der Waals surface area contributed by atoms with Gasteiger partial charge in [-0.05, 0) is 96.3 Å². The van der Waals surface area contributed by atoms with Crippen molar-refractivity contribution in [2.24, 2.45) is 0 Å². The van der Waals surface area contributed by atoms with Crippen LogP contribution in [-0.4, -0.2) is 37.2 Å². The molecule has 0 saturated heterocycles. The fourth-order valence-electron chi connectivity index (χ4n) is 8.57. The van der Waals surface area contributed by atoms with Gasteiger partial charge in [0.1, 0.15) is 13.2 Å². The zero-order valence-corrected chi connectivity index (χ0v) is 47.0. The van der Waals surface area contributed by atoms with Crippen molar-refractivity contribution in [2.45, 2.75) is 309 Å². The van der Waals surface area contributed by atoms with Gasteiger partial charge in [-0.25, -0.2) is 0 Å². The second kappa shape index (κ2) is 59.4. The lowest BCUT2D eigenvalue weighted by molar-refractivity contribution is -0.167. The first-order valence-electron chi connectivity index (χ1n) is 30.4. The summed E-state index contributed by atoms with van der Waals surface area (Å²) >= 11 is 0. The molecule has 1 atom stereocenters.